The fourth-order valence-electron chi connectivity index (χ4n) is 3.05. The smallest absolute Gasteiger partial charge is 0.242 e. The summed E-state index contributed by atoms with van der Waals surface area (Å²) in [6.07, 6.45) is 3.72. The van der Waals surface area contributed by atoms with Crippen LogP contribution in [0.1, 0.15) is 25.7 Å². The molecule has 0 spiro atoms. The van der Waals surface area contributed by atoms with Gasteiger partial charge in [0.05, 0.1) is 12.2 Å². The Morgan fingerprint density at radius 1 is 1.30 bits per heavy atom. The van der Waals surface area contributed by atoms with Crippen molar-refractivity contribution in [3.05, 3.63) is 24.3 Å². The molecule has 1 atom stereocenters. The second kappa shape index (κ2) is 7.73. The van der Waals surface area contributed by atoms with Crippen molar-refractivity contribution in [1.29, 1.82) is 0 Å². The van der Waals surface area contributed by atoms with E-state index in [-0.39, 0.29) is 17.9 Å². The molecule has 0 aromatic heterocycles. The van der Waals surface area contributed by atoms with Crippen LogP contribution in [0.25, 0.3) is 0 Å². The molecule has 1 aromatic rings. The molecule has 1 saturated heterocycles. The molecule has 2 amide bonds. The quantitative estimate of drug-likeness (QED) is 0.885. The van der Waals surface area contributed by atoms with Crippen LogP contribution >= 0.6 is 11.8 Å². The van der Waals surface area contributed by atoms with E-state index >= 15 is 0 Å². The summed E-state index contributed by atoms with van der Waals surface area (Å²) in [6.45, 7) is 1.89. The molecule has 0 bridgehead atoms. The second-order valence-electron chi connectivity index (χ2n) is 6.00. The van der Waals surface area contributed by atoms with Crippen molar-refractivity contribution in [3.8, 4) is 0 Å². The van der Waals surface area contributed by atoms with E-state index in [0.29, 0.717) is 13.1 Å². The molecule has 2 heterocycles. The van der Waals surface area contributed by atoms with Crippen LogP contribution < -0.4 is 15.5 Å². The van der Waals surface area contributed by atoms with Crippen LogP contribution in [0.5, 0.6) is 0 Å². The van der Waals surface area contributed by atoms with Gasteiger partial charge in [0.15, 0.2) is 0 Å². The number of rotatable bonds is 3. The Labute approximate surface area is 141 Å². The molecular formula is C17H23N3O2S. The molecule has 1 unspecified atom stereocenters. The maximum absolute atomic E-state index is 12.4. The lowest BCUT2D eigenvalue weighted by atomic mass is 10.1. The number of anilines is 1. The number of nitrogens with zero attached hydrogens (tertiary/aromatic N) is 1. The number of amides is 2. The van der Waals surface area contributed by atoms with E-state index < -0.39 is 0 Å². The number of thioether (sulfide) groups is 1. The molecule has 6 heteroatoms. The van der Waals surface area contributed by atoms with E-state index in [4.69, 9.17) is 0 Å². The average Bonchev–Trinajstić information content (AvgIpc) is 2.87. The van der Waals surface area contributed by atoms with Gasteiger partial charge in [-0.1, -0.05) is 12.1 Å². The monoisotopic (exact) mass is 333 g/mol. The first-order chi connectivity index (χ1) is 11.2. The normalized spacial score (nSPS) is 21.7. The van der Waals surface area contributed by atoms with Gasteiger partial charge in [-0.25, -0.2) is 0 Å². The average molecular weight is 333 g/mol. The third-order valence-corrected chi connectivity index (χ3v) is 5.39. The van der Waals surface area contributed by atoms with Gasteiger partial charge < -0.3 is 15.5 Å². The fourth-order valence-corrected chi connectivity index (χ4v) is 4.07. The number of para-hydroxylation sites is 1. The topological polar surface area (TPSA) is 61.4 Å². The standard InChI is InChI=1S/C17H23N3O2S/c21-16(19-13-6-3-4-9-18-17(13)22)12-20-10-5-11-23-15-8-2-1-7-14(15)20/h1-2,7-8,13H,3-6,9-12H2,(H,18,22)(H,19,21). The highest BCUT2D eigenvalue weighted by Gasteiger charge is 2.24. The fraction of sp³-hybridized carbons (Fsp3) is 0.529. The number of benzene rings is 1. The van der Waals surface area contributed by atoms with Crippen LogP contribution in [0.2, 0.25) is 0 Å². The van der Waals surface area contributed by atoms with Gasteiger partial charge in [-0.15, -0.1) is 11.8 Å². The second-order valence-corrected chi connectivity index (χ2v) is 7.13. The van der Waals surface area contributed by atoms with Crippen LogP contribution in [0, 0.1) is 0 Å². The first-order valence-corrected chi connectivity index (χ1v) is 9.26. The molecule has 0 saturated carbocycles. The van der Waals surface area contributed by atoms with Gasteiger partial charge in [0.25, 0.3) is 0 Å². The Morgan fingerprint density at radius 2 is 2.17 bits per heavy atom. The van der Waals surface area contributed by atoms with E-state index in [1.54, 1.807) is 0 Å². The largest absolute Gasteiger partial charge is 0.361 e. The van der Waals surface area contributed by atoms with Crippen LogP contribution in [-0.2, 0) is 9.59 Å². The molecule has 1 aromatic carbocycles. The van der Waals surface area contributed by atoms with E-state index in [0.717, 1.165) is 43.7 Å². The maximum atomic E-state index is 12.4. The molecule has 0 radical (unpaired) electrons. The molecule has 0 aliphatic carbocycles. The van der Waals surface area contributed by atoms with Crippen molar-refractivity contribution in [2.24, 2.45) is 0 Å². The lowest BCUT2D eigenvalue weighted by Gasteiger charge is -2.25. The summed E-state index contributed by atoms with van der Waals surface area (Å²) in [5.74, 6) is 0.941. The summed E-state index contributed by atoms with van der Waals surface area (Å²) in [7, 11) is 0. The lowest BCUT2D eigenvalue weighted by molar-refractivity contribution is -0.128. The predicted molar refractivity (Wildman–Crippen MR) is 92.8 cm³/mol. The minimum atomic E-state index is -0.387. The highest BCUT2D eigenvalue weighted by Crippen LogP contribution is 2.33. The first-order valence-electron chi connectivity index (χ1n) is 8.28. The zero-order valence-corrected chi connectivity index (χ0v) is 14.0. The molecule has 124 valence electrons. The molecule has 1 fully saturated rings. The van der Waals surface area contributed by atoms with E-state index in [1.807, 2.05) is 23.9 Å². The van der Waals surface area contributed by atoms with Gasteiger partial charge in [0.2, 0.25) is 11.8 Å². The van der Waals surface area contributed by atoms with E-state index in [9.17, 15) is 9.59 Å². The number of nitrogens with one attached hydrogen (secondary N) is 2. The zero-order chi connectivity index (χ0) is 16.1. The molecule has 2 aliphatic rings. The number of hydrogen-bond acceptors (Lipinski definition) is 4. The molecule has 23 heavy (non-hydrogen) atoms. The van der Waals surface area contributed by atoms with Crippen molar-refractivity contribution < 1.29 is 9.59 Å². The summed E-state index contributed by atoms with van der Waals surface area (Å²) in [5, 5.41) is 5.77. The van der Waals surface area contributed by atoms with Crippen molar-refractivity contribution in [3.63, 3.8) is 0 Å². The maximum Gasteiger partial charge on any atom is 0.242 e. The Hall–Kier alpha value is -1.69. The van der Waals surface area contributed by atoms with E-state index in [1.165, 1.54) is 4.90 Å². The summed E-state index contributed by atoms with van der Waals surface area (Å²) in [6, 6.07) is 7.83. The third-order valence-electron chi connectivity index (χ3n) is 4.24. The SMILES string of the molecule is O=C(CN1CCCSc2ccccc21)NC1CCCCNC1=O. The van der Waals surface area contributed by atoms with Gasteiger partial charge in [-0.05, 0) is 43.6 Å². The van der Waals surface area contributed by atoms with Crippen LogP contribution in [-0.4, -0.2) is 43.2 Å². The Balaban J connectivity index is 1.64. The lowest BCUT2D eigenvalue weighted by Crippen LogP contribution is -2.48. The third kappa shape index (κ3) is 4.19. The summed E-state index contributed by atoms with van der Waals surface area (Å²) in [5.41, 5.74) is 1.12. The minimum absolute atomic E-state index is 0.0531. The van der Waals surface area contributed by atoms with Crippen molar-refractivity contribution >= 4 is 29.3 Å². The van der Waals surface area contributed by atoms with Gasteiger partial charge in [0, 0.05) is 18.0 Å². The van der Waals surface area contributed by atoms with Gasteiger partial charge in [-0.2, -0.15) is 0 Å². The minimum Gasteiger partial charge on any atom is -0.361 e. The first kappa shape index (κ1) is 16.2. The number of carbonyl (C=O) groups excluding carboxylic acids is 2. The van der Waals surface area contributed by atoms with Crippen LogP contribution in [0.15, 0.2) is 29.2 Å². The number of carbonyl (C=O) groups is 2. The van der Waals surface area contributed by atoms with Gasteiger partial charge in [0.1, 0.15) is 6.04 Å². The van der Waals surface area contributed by atoms with Crippen molar-refractivity contribution in [2.75, 3.05) is 30.3 Å². The highest BCUT2D eigenvalue weighted by atomic mass is 32.2. The van der Waals surface area contributed by atoms with Crippen molar-refractivity contribution in [1.82, 2.24) is 10.6 Å². The molecule has 3 rings (SSSR count). The molecule has 2 aliphatic heterocycles. The summed E-state index contributed by atoms with van der Waals surface area (Å²) in [4.78, 5) is 27.7. The molecule has 2 N–H and O–H groups in total. The molecular weight excluding hydrogens is 310 g/mol. The van der Waals surface area contributed by atoms with Gasteiger partial charge >= 0.3 is 0 Å². The van der Waals surface area contributed by atoms with Crippen LogP contribution in [0.4, 0.5) is 5.69 Å². The Kier molecular flexibility index (Phi) is 5.43. The molecule has 5 nitrogen and oxygen atoms in total. The Bertz CT molecular complexity index is 579. The van der Waals surface area contributed by atoms with E-state index in [2.05, 4.69) is 27.7 Å². The summed E-state index contributed by atoms with van der Waals surface area (Å²) < 4.78 is 0. The van der Waals surface area contributed by atoms with Gasteiger partial charge in [-0.3, -0.25) is 9.59 Å². The Morgan fingerprint density at radius 3 is 3.09 bits per heavy atom. The zero-order valence-electron chi connectivity index (χ0n) is 13.2. The van der Waals surface area contributed by atoms with Crippen LogP contribution in [0.3, 0.4) is 0 Å². The van der Waals surface area contributed by atoms with Crippen molar-refractivity contribution in [2.45, 2.75) is 36.6 Å². The summed E-state index contributed by atoms with van der Waals surface area (Å²) >= 11 is 1.84. The number of fused-ring (bicyclic) bond motifs is 1. The predicted octanol–water partition coefficient (Wildman–Crippen LogP) is 1.77. The number of hydrogen-bond donors (Lipinski definition) is 2. The highest BCUT2D eigenvalue weighted by molar-refractivity contribution is 7.99.